The predicted octanol–water partition coefficient (Wildman–Crippen LogP) is 2.86. The van der Waals surface area contributed by atoms with Crippen molar-refractivity contribution in [2.45, 2.75) is 4.90 Å². The summed E-state index contributed by atoms with van der Waals surface area (Å²) in [4.78, 5) is 4.56. The van der Waals surface area contributed by atoms with Gasteiger partial charge in [0, 0.05) is 22.0 Å². The van der Waals surface area contributed by atoms with Gasteiger partial charge in [-0.1, -0.05) is 24.1 Å². The van der Waals surface area contributed by atoms with Gasteiger partial charge >= 0.3 is 0 Å². The summed E-state index contributed by atoms with van der Waals surface area (Å²) >= 11 is 0. The Labute approximate surface area is 74.3 Å². The van der Waals surface area contributed by atoms with Crippen LogP contribution in [0.15, 0.2) is 35.4 Å². The van der Waals surface area contributed by atoms with E-state index in [0.717, 1.165) is 0 Å². The molecule has 62 valence electrons. The number of aromatic amines is 1. The van der Waals surface area contributed by atoms with Crippen LogP contribution in [0.5, 0.6) is 0 Å². The molecule has 1 unspecified atom stereocenters. The van der Waals surface area contributed by atoms with Crippen molar-refractivity contribution in [3.63, 3.8) is 0 Å². The van der Waals surface area contributed by atoms with Gasteiger partial charge in [0.1, 0.15) is 0 Å². The fraction of sp³-hybridized carbons (Fsp3) is 0.100. The number of aromatic nitrogens is 1. The Morgan fingerprint density at radius 3 is 2.83 bits per heavy atom. The molecule has 0 radical (unpaired) electrons. The van der Waals surface area contributed by atoms with Gasteiger partial charge in [-0.25, -0.2) is 0 Å². The largest absolute Gasteiger partial charge is 0.360 e. The summed E-state index contributed by atoms with van der Waals surface area (Å²) < 4.78 is 0. The molecule has 12 heavy (non-hydrogen) atoms. The topological polar surface area (TPSA) is 15.8 Å². The highest BCUT2D eigenvalue weighted by atomic mass is 32.2. The van der Waals surface area contributed by atoms with Gasteiger partial charge in [-0.2, -0.15) is 10.5 Å². The van der Waals surface area contributed by atoms with Crippen LogP contribution in [0.1, 0.15) is 0 Å². The third-order valence-corrected chi connectivity index (χ3v) is 3.02. The van der Waals surface area contributed by atoms with Gasteiger partial charge in [-0.15, -0.1) is 0 Å². The van der Waals surface area contributed by atoms with E-state index in [2.05, 4.69) is 41.5 Å². The van der Waals surface area contributed by atoms with Crippen LogP contribution in [0.3, 0.4) is 0 Å². The van der Waals surface area contributed by atoms with E-state index in [1.54, 1.807) is 0 Å². The molecule has 0 saturated heterocycles. The molecule has 0 fully saturated rings. The lowest BCUT2D eigenvalue weighted by Gasteiger charge is -1.96. The van der Waals surface area contributed by atoms with E-state index in [1.807, 2.05) is 6.07 Å². The first-order valence-electron chi connectivity index (χ1n) is 3.81. The molecule has 0 bridgehead atoms. The molecule has 0 amide bonds. The Kier molecular flexibility index (Phi) is 1.77. The number of para-hydroxylation sites is 1. The molecular weight excluding hydrogens is 166 g/mol. The molecule has 1 atom stereocenters. The zero-order chi connectivity index (χ0) is 8.55. The van der Waals surface area contributed by atoms with E-state index in [0.29, 0.717) is 0 Å². The maximum Gasteiger partial charge on any atom is 0.0465 e. The SMILES string of the molecule is C=S(C)c1c[nH]c2ccccc12. The molecule has 2 heteroatoms. The van der Waals surface area contributed by atoms with Gasteiger partial charge in [0.2, 0.25) is 0 Å². The Balaban J connectivity index is 2.79. The van der Waals surface area contributed by atoms with Gasteiger partial charge < -0.3 is 4.98 Å². The second-order valence-corrected chi connectivity index (χ2v) is 4.55. The Hall–Kier alpha value is -1.02. The number of hydrogen-bond acceptors (Lipinski definition) is 0. The summed E-state index contributed by atoms with van der Waals surface area (Å²) in [6, 6.07) is 8.33. The standard InChI is InChI=1S/C10H11NS/c1-12(2)10-7-11-9-6-4-3-5-8(9)10/h3-7,11H,1H2,2H3. The fourth-order valence-corrected chi connectivity index (χ4v) is 2.15. The second kappa shape index (κ2) is 2.79. The van der Waals surface area contributed by atoms with Crippen molar-refractivity contribution in [3.8, 4) is 0 Å². The van der Waals surface area contributed by atoms with E-state index in [1.165, 1.54) is 15.8 Å². The molecule has 0 aliphatic rings. The second-order valence-electron chi connectivity index (χ2n) is 2.84. The lowest BCUT2D eigenvalue weighted by Crippen LogP contribution is -1.67. The molecule has 1 heterocycles. The zero-order valence-electron chi connectivity index (χ0n) is 7.00. The van der Waals surface area contributed by atoms with Crippen LogP contribution >= 0.6 is 10.5 Å². The van der Waals surface area contributed by atoms with Crippen molar-refractivity contribution in [2.75, 3.05) is 6.26 Å². The molecule has 1 aromatic heterocycles. The van der Waals surface area contributed by atoms with Gasteiger partial charge in [-0.3, -0.25) is 0 Å². The smallest absolute Gasteiger partial charge is 0.0465 e. The van der Waals surface area contributed by atoms with Crippen LogP contribution in [-0.4, -0.2) is 17.1 Å². The summed E-state index contributed by atoms with van der Waals surface area (Å²) in [6.07, 6.45) is 4.19. The van der Waals surface area contributed by atoms with Crippen LogP contribution in [-0.2, 0) is 0 Å². The highest BCUT2D eigenvalue weighted by Crippen LogP contribution is 2.28. The molecule has 2 aromatic rings. The van der Waals surface area contributed by atoms with Crippen LogP contribution in [0.2, 0.25) is 0 Å². The number of H-pyrrole nitrogens is 1. The molecule has 0 spiro atoms. The zero-order valence-corrected chi connectivity index (χ0v) is 7.82. The molecule has 0 aliphatic carbocycles. The molecule has 1 aromatic carbocycles. The Morgan fingerprint density at radius 1 is 1.33 bits per heavy atom. The van der Waals surface area contributed by atoms with Gasteiger partial charge in [0.25, 0.3) is 0 Å². The first kappa shape index (κ1) is 7.62. The first-order chi connectivity index (χ1) is 5.79. The Bertz CT molecular complexity index is 428. The van der Waals surface area contributed by atoms with Crippen molar-refractivity contribution in [3.05, 3.63) is 30.5 Å². The fourth-order valence-electron chi connectivity index (χ4n) is 1.33. The van der Waals surface area contributed by atoms with E-state index in [4.69, 9.17) is 0 Å². The van der Waals surface area contributed by atoms with Crippen LogP contribution in [0.25, 0.3) is 10.9 Å². The minimum atomic E-state index is 0.0963. The lowest BCUT2D eigenvalue weighted by molar-refractivity contribution is 1.42. The monoisotopic (exact) mass is 177 g/mol. The van der Waals surface area contributed by atoms with Crippen molar-refractivity contribution < 1.29 is 0 Å². The third-order valence-electron chi connectivity index (χ3n) is 1.93. The molecule has 2 rings (SSSR count). The van der Waals surface area contributed by atoms with Gasteiger partial charge in [0.15, 0.2) is 0 Å². The number of benzene rings is 1. The number of hydrogen-bond donors (Lipinski definition) is 1. The highest BCUT2D eigenvalue weighted by Gasteiger charge is 2.00. The summed E-state index contributed by atoms with van der Waals surface area (Å²) in [5, 5.41) is 1.30. The first-order valence-corrected chi connectivity index (χ1v) is 5.61. The number of rotatable bonds is 1. The molecule has 1 nitrogen and oxygen atoms in total. The maximum absolute atomic E-state index is 4.04. The average molecular weight is 177 g/mol. The highest BCUT2D eigenvalue weighted by molar-refractivity contribution is 8.13. The summed E-state index contributed by atoms with van der Waals surface area (Å²) in [6.45, 7) is 0. The van der Waals surface area contributed by atoms with Crippen molar-refractivity contribution in [1.82, 2.24) is 4.98 Å². The van der Waals surface area contributed by atoms with Crippen molar-refractivity contribution >= 4 is 27.3 Å². The molecule has 0 aliphatic heterocycles. The summed E-state index contributed by atoms with van der Waals surface area (Å²) in [7, 11) is 0.0963. The minimum Gasteiger partial charge on any atom is -0.360 e. The molecule has 0 saturated carbocycles. The Morgan fingerprint density at radius 2 is 2.08 bits per heavy atom. The normalized spacial score (nSPS) is 13.4. The summed E-state index contributed by atoms with van der Waals surface area (Å²) in [5.41, 5.74) is 1.20. The van der Waals surface area contributed by atoms with Crippen LogP contribution in [0.4, 0.5) is 0 Å². The third kappa shape index (κ3) is 1.08. The van der Waals surface area contributed by atoms with Crippen LogP contribution in [0, 0.1) is 0 Å². The van der Waals surface area contributed by atoms with E-state index in [9.17, 15) is 0 Å². The summed E-state index contributed by atoms with van der Waals surface area (Å²) in [5.74, 6) is 4.04. The predicted molar refractivity (Wildman–Crippen MR) is 57.2 cm³/mol. The van der Waals surface area contributed by atoms with Crippen molar-refractivity contribution in [1.29, 1.82) is 0 Å². The van der Waals surface area contributed by atoms with Crippen molar-refractivity contribution in [2.24, 2.45) is 0 Å². The lowest BCUT2D eigenvalue weighted by atomic mass is 10.2. The average Bonchev–Trinajstić information content (AvgIpc) is 2.47. The molecule has 1 N–H and O–H groups in total. The maximum atomic E-state index is 4.04. The molecular formula is C10H11NS. The quantitative estimate of drug-likeness (QED) is 0.645. The van der Waals surface area contributed by atoms with Gasteiger partial charge in [0.05, 0.1) is 0 Å². The van der Waals surface area contributed by atoms with Crippen LogP contribution < -0.4 is 0 Å². The van der Waals surface area contributed by atoms with Gasteiger partial charge in [-0.05, 0) is 12.3 Å². The number of nitrogens with one attached hydrogen (secondary N) is 1. The van der Waals surface area contributed by atoms with E-state index >= 15 is 0 Å². The van der Waals surface area contributed by atoms with E-state index in [-0.39, 0.29) is 10.5 Å². The number of fused-ring (bicyclic) bond motifs is 1. The minimum absolute atomic E-state index is 0.0963. The van der Waals surface area contributed by atoms with E-state index < -0.39 is 0 Å².